The molecule has 0 aromatic carbocycles. The van der Waals surface area contributed by atoms with Crippen molar-refractivity contribution < 1.29 is 4.52 Å². The first-order valence-electron chi connectivity index (χ1n) is 4.17. The predicted octanol–water partition coefficient (Wildman–Crippen LogP) is 1.85. The lowest BCUT2D eigenvalue weighted by Gasteiger charge is -1.96. The fraction of sp³-hybridized carbons (Fsp3) is 0.375. The summed E-state index contributed by atoms with van der Waals surface area (Å²) >= 11 is 1.39. The van der Waals surface area contributed by atoms with Crippen LogP contribution in [0.3, 0.4) is 0 Å². The molecule has 74 valence electrons. The lowest BCUT2D eigenvalue weighted by molar-refractivity contribution is 0.425. The normalized spacial score (nSPS) is 10.5. The van der Waals surface area contributed by atoms with Crippen LogP contribution in [0.4, 0.5) is 5.00 Å². The monoisotopic (exact) mass is 210 g/mol. The molecular weight excluding hydrogens is 200 g/mol. The van der Waals surface area contributed by atoms with Crippen molar-refractivity contribution >= 4 is 16.5 Å². The van der Waals surface area contributed by atoms with E-state index in [1.165, 1.54) is 11.5 Å². The second kappa shape index (κ2) is 3.38. The van der Waals surface area contributed by atoms with E-state index in [2.05, 4.69) is 19.8 Å². The third-order valence-corrected chi connectivity index (χ3v) is 2.79. The second-order valence-corrected chi connectivity index (χ2v) is 3.64. The lowest BCUT2D eigenvalue weighted by atomic mass is 10.2. The van der Waals surface area contributed by atoms with Crippen LogP contribution in [0.15, 0.2) is 4.52 Å². The summed E-state index contributed by atoms with van der Waals surface area (Å²) in [5, 5.41) is 7.75. The average molecular weight is 210 g/mol. The van der Waals surface area contributed by atoms with Gasteiger partial charge in [0.1, 0.15) is 5.00 Å². The first-order valence-corrected chi connectivity index (χ1v) is 4.94. The average Bonchev–Trinajstić information content (AvgIpc) is 2.71. The molecule has 0 aliphatic heterocycles. The van der Waals surface area contributed by atoms with E-state index in [-0.39, 0.29) is 0 Å². The zero-order chi connectivity index (χ0) is 10.1. The molecule has 2 heterocycles. The SMILES string of the molecule is CNc1snc(C)c1-c1nc(C)no1. The van der Waals surface area contributed by atoms with E-state index in [4.69, 9.17) is 4.52 Å². The summed E-state index contributed by atoms with van der Waals surface area (Å²) < 4.78 is 9.32. The molecule has 0 bridgehead atoms. The van der Waals surface area contributed by atoms with E-state index in [1.54, 1.807) is 6.92 Å². The van der Waals surface area contributed by atoms with Crippen LogP contribution >= 0.6 is 11.5 Å². The first kappa shape index (κ1) is 9.14. The van der Waals surface area contributed by atoms with Gasteiger partial charge in [0.15, 0.2) is 5.82 Å². The number of rotatable bonds is 2. The van der Waals surface area contributed by atoms with Crippen LogP contribution in [0.5, 0.6) is 0 Å². The van der Waals surface area contributed by atoms with E-state index in [9.17, 15) is 0 Å². The Hall–Kier alpha value is -1.43. The second-order valence-electron chi connectivity index (χ2n) is 2.87. The molecule has 6 heteroatoms. The van der Waals surface area contributed by atoms with Crippen molar-refractivity contribution in [3.8, 4) is 11.5 Å². The van der Waals surface area contributed by atoms with Crippen LogP contribution in [0.1, 0.15) is 11.5 Å². The smallest absolute Gasteiger partial charge is 0.262 e. The molecule has 0 atom stereocenters. The molecule has 0 saturated heterocycles. The van der Waals surface area contributed by atoms with Gasteiger partial charge in [-0.15, -0.1) is 0 Å². The number of hydrogen-bond donors (Lipinski definition) is 1. The van der Waals surface area contributed by atoms with E-state index < -0.39 is 0 Å². The van der Waals surface area contributed by atoms with Gasteiger partial charge in [-0.05, 0) is 25.4 Å². The van der Waals surface area contributed by atoms with Crippen molar-refractivity contribution in [2.75, 3.05) is 12.4 Å². The summed E-state index contributed by atoms with van der Waals surface area (Å²) in [4.78, 5) is 4.17. The number of nitrogens with zero attached hydrogens (tertiary/aromatic N) is 3. The third-order valence-electron chi connectivity index (χ3n) is 1.83. The number of nitrogens with one attached hydrogen (secondary N) is 1. The maximum atomic E-state index is 5.10. The minimum Gasteiger partial charge on any atom is -0.378 e. The highest BCUT2D eigenvalue weighted by Crippen LogP contribution is 2.32. The first-order chi connectivity index (χ1) is 6.72. The Morgan fingerprint density at radius 2 is 2.14 bits per heavy atom. The molecule has 1 N–H and O–H groups in total. The maximum Gasteiger partial charge on any atom is 0.262 e. The van der Waals surface area contributed by atoms with E-state index in [0.717, 1.165) is 16.3 Å². The summed E-state index contributed by atoms with van der Waals surface area (Å²) in [5.41, 5.74) is 1.81. The standard InChI is InChI=1S/C8H10N4OS/c1-4-6(8(9-3)14-12-4)7-10-5(2)11-13-7/h9H,1-3H3. The Morgan fingerprint density at radius 1 is 1.36 bits per heavy atom. The van der Waals surface area contributed by atoms with Gasteiger partial charge in [-0.25, -0.2) is 0 Å². The van der Waals surface area contributed by atoms with Crippen molar-refractivity contribution in [3.63, 3.8) is 0 Å². The summed E-state index contributed by atoms with van der Waals surface area (Å²) in [6.45, 7) is 3.72. The van der Waals surface area contributed by atoms with Crippen molar-refractivity contribution in [2.24, 2.45) is 0 Å². The maximum absolute atomic E-state index is 5.10. The number of hydrogen-bond acceptors (Lipinski definition) is 6. The highest BCUT2D eigenvalue weighted by Gasteiger charge is 2.17. The summed E-state index contributed by atoms with van der Waals surface area (Å²) in [5.74, 6) is 1.16. The fourth-order valence-electron chi connectivity index (χ4n) is 1.19. The van der Waals surface area contributed by atoms with Crippen LogP contribution in [-0.4, -0.2) is 21.6 Å². The number of aromatic nitrogens is 3. The summed E-state index contributed by atoms with van der Waals surface area (Å²) in [6.07, 6.45) is 0. The molecule has 0 aliphatic rings. The predicted molar refractivity (Wildman–Crippen MR) is 54.4 cm³/mol. The minimum atomic E-state index is 0.526. The summed E-state index contributed by atoms with van der Waals surface area (Å²) in [6, 6.07) is 0. The van der Waals surface area contributed by atoms with Gasteiger partial charge < -0.3 is 9.84 Å². The van der Waals surface area contributed by atoms with Crippen LogP contribution in [0.2, 0.25) is 0 Å². The van der Waals surface area contributed by atoms with Gasteiger partial charge in [0.25, 0.3) is 5.89 Å². The Bertz CT molecular complexity index is 448. The molecule has 0 fully saturated rings. The topological polar surface area (TPSA) is 63.8 Å². The van der Waals surface area contributed by atoms with Crippen LogP contribution in [-0.2, 0) is 0 Å². The van der Waals surface area contributed by atoms with E-state index >= 15 is 0 Å². The molecule has 0 spiro atoms. The van der Waals surface area contributed by atoms with Gasteiger partial charge in [-0.1, -0.05) is 5.16 Å². The van der Waals surface area contributed by atoms with Crippen molar-refractivity contribution in [1.29, 1.82) is 0 Å². The van der Waals surface area contributed by atoms with Gasteiger partial charge >= 0.3 is 0 Å². The molecule has 2 aromatic heterocycles. The highest BCUT2D eigenvalue weighted by atomic mass is 32.1. The van der Waals surface area contributed by atoms with Crippen molar-refractivity contribution in [1.82, 2.24) is 14.5 Å². The molecule has 2 aromatic rings. The van der Waals surface area contributed by atoms with E-state index in [1.807, 2.05) is 14.0 Å². The zero-order valence-electron chi connectivity index (χ0n) is 8.16. The van der Waals surface area contributed by atoms with Gasteiger partial charge in [0.2, 0.25) is 0 Å². The molecule has 14 heavy (non-hydrogen) atoms. The van der Waals surface area contributed by atoms with E-state index in [0.29, 0.717) is 11.7 Å². The van der Waals surface area contributed by atoms with Crippen LogP contribution in [0, 0.1) is 13.8 Å². The summed E-state index contributed by atoms with van der Waals surface area (Å²) in [7, 11) is 1.85. The van der Waals surface area contributed by atoms with Gasteiger partial charge in [-0.3, -0.25) is 0 Å². The number of aryl methyl sites for hydroxylation is 2. The molecule has 0 amide bonds. The Morgan fingerprint density at radius 3 is 2.71 bits per heavy atom. The Kier molecular flexibility index (Phi) is 2.20. The highest BCUT2D eigenvalue weighted by molar-refractivity contribution is 7.10. The zero-order valence-corrected chi connectivity index (χ0v) is 8.97. The molecular formula is C8H10N4OS. The Labute approximate surface area is 85.3 Å². The molecule has 0 unspecified atom stereocenters. The largest absolute Gasteiger partial charge is 0.378 e. The molecule has 2 rings (SSSR count). The van der Waals surface area contributed by atoms with Crippen LogP contribution in [0.25, 0.3) is 11.5 Å². The molecule has 0 saturated carbocycles. The van der Waals surface area contributed by atoms with Gasteiger partial charge in [0, 0.05) is 7.05 Å². The third kappa shape index (κ3) is 1.37. The van der Waals surface area contributed by atoms with Crippen molar-refractivity contribution in [2.45, 2.75) is 13.8 Å². The quantitative estimate of drug-likeness (QED) is 0.819. The Balaban J connectivity index is 2.54. The fourth-order valence-corrected chi connectivity index (χ4v) is 1.93. The van der Waals surface area contributed by atoms with Crippen molar-refractivity contribution in [3.05, 3.63) is 11.5 Å². The molecule has 5 nitrogen and oxygen atoms in total. The number of anilines is 1. The van der Waals surface area contributed by atoms with Crippen LogP contribution < -0.4 is 5.32 Å². The lowest BCUT2D eigenvalue weighted by Crippen LogP contribution is -1.88. The van der Waals surface area contributed by atoms with Gasteiger partial charge in [-0.2, -0.15) is 9.36 Å². The van der Waals surface area contributed by atoms with Gasteiger partial charge in [0.05, 0.1) is 11.3 Å². The molecule has 0 radical (unpaired) electrons. The molecule has 0 aliphatic carbocycles. The minimum absolute atomic E-state index is 0.526.